The maximum Gasteiger partial charge on any atom is 0.255 e. The van der Waals surface area contributed by atoms with Crippen LogP contribution in [0.3, 0.4) is 0 Å². The summed E-state index contributed by atoms with van der Waals surface area (Å²) in [5.41, 5.74) is 0.667. The molecule has 1 aromatic rings. The minimum Gasteiger partial charge on any atom is -0.334 e. The molecule has 1 N–H and O–H groups in total. The van der Waals surface area contributed by atoms with Crippen LogP contribution in [0.5, 0.6) is 0 Å². The van der Waals surface area contributed by atoms with Crippen LogP contribution in [0.25, 0.3) is 0 Å². The van der Waals surface area contributed by atoms with Gasteiger partial charge in [0, 0.05) is 35.2 Å². The molecule has 2 aliphatic heterocycles. The quantitative estimate of drug-likeness (QED) is 0.850. The molecule has 2 heterocycles. The molecule has 2 unspecified atom stereocenters. The number of fused-ring (bicyclic) bond motifs is 1. The number of carbonyl (C=O) groups excluding carboxylic acids is 1. The van der Waals surface area contributed by atoms with Crippen LogP contribution < -0.4 is 5.32 Å². The molecule has 0 radical (unpaired) electrons. The van der Waals surface area contributed by atoms with E-state index in [9.17, 15) is 4.79 Å². The van der Waals surface area contributed by atoms with Gasteiger partial charge in [0.1, 0.15) is 0 Å². The van der Waals surface area contributed by atoms with Gasteiger partial charge in [-0.05, 0) is 52.9 Å². The van der Waals surface area contributed by atoms with Crippen molar-refractivity contribution in [2.45, 2.75) is 18.9 Å². The number of rotatable bonds is 1. The van der Waals surface area contributed by atoms with Crippen molar-refractivity contribution >= 4 is 33.4 Å². The lowest BCUT2D eigenvalue weighted by Crippen LogP contribution is -2.48. The van der Waals surface area contributed by atoms with E-state index in [1.807, 2.05) is 11.0 Å². The van der Waals surface area contributed by atoms with Crippen LogP contribution in [0, 0.1) is 5.92 Å². The highest BCUT2D eigenvalue weighted by atomic mass is 79.9. The molecule has 2 atom stereocenters. The number of hydrogen-bond acceptors (Lipinski definition) is 2. The van der Waals surface area contributed by atoms with Gasteiger partial charge in [-0.2, -0.15) is 0 Å². The smallest absolute Gasteiger partial charge is 0.255 e. The van der Waals surface area contributed by atoms with Crippen LogP contribution in [-0.2, 0) is 0 Å². The highest BCUT2D eigenvalue weighted by Crippen LogP contribution is 2.30. The van der Waals surface area contributed by atoms with E-state index in [-0.39, 0.29) is 5.91 Å². The Hall–Kier alpha value is -0.580. The molecule has 0 aromatic heterocycles. The highest BCUT2D eigenvalue weighted by molar-refractivity contribution is 9.10. The van der Waals surface area contributed by atoms with Gasteiger partial charge in [0.05, 0.1) is 5.56 Å². The van der Waals surface area contributed by atoms with E-state index >= 15 is 0 Å². The largest absolute Gasteiger partial charge is 0.334 e. The molecular formula is C14H16BrClN2O. The summed E-state index contributed by atoms with van der Waals surface area (Å²) in [4.78, 5) is 14.7. The van der Waals surface area contributed by atoms with E-state index in [1.165, 1.54) is 6.42 Å². The average Bonchev–Trinajstić information content (AvgIpc) is 2.89. The fourth-order valence-corrected chi connectivity index (χ4v) is 3.72. The third-order valence-corrected chi connectivity index (χ3v) is 5.02. The maximum absolute atomic E-state index is 12.7. The standard InChI is InChI=1S/C14H16BrClN2O/c15-12-4-3-10(16)6-11(12)14(19)18-5-1-2-9-7-17-8-13(9)18/h3-4,6,9,13,17H,1-2,5,7-8H2. The first kappa shape index (κ1) is 13.4. The van der Waals surface area contributed by atoms with Crippen molar-refractivity contribution in [3.05, 3.63) is 33.3 Å². The first-order valence-electron chi connectivity index (χ1n) is 6.63. The van der Waals surface area contributed by atoms with Gasteiger partial charge in [0.2, 0.25) is 0 Å². The predicted molar refractivity (Wildman–Crippen MR) is 79.6 cm³/mol. The molecule has 1 aromatic carbocycles. The number of piperidine rings is 1. The zero-order chi connectivity index (χ0) is 13.4. The minimum absolute atomic E-state index is 0.0905. The zero-order valence-corrected chi connectivity index (χ0v) is 12.9. The summed E-state index contributed by atoms with van der Waals surface area (Å²) in [6, 6.07) is 5.72. The highest BCUT2D eigenvalue weighted by Gasteiger charge is 2.37. The van der Waals surface area contributed by atoms with Crippen molar-refractivity contribution in [1.29, 1.82) is 0 Å². The summed E-state index contributed by atoms with van der Waals surface area (Å²) in [6.07, 6.45) is 2.31. The summed E-state index contributed by atoms with van der Waals surface area (Å²) in [5, 5.41) is 4.00. The number of nitrogens with one attached hydrogen (secondary N) is 1. The number of hydrogen-bond donors (Lipinski definition) is 1. The molecule has 5 heteroatoms. The molecule has 3 rings (SSSR count). The van der Waals surface area contributed by atoms with Crippen LogP contribution in [0.1, 0.15) is 23.2 Å². The molecule has 2 aliphatic rings. The van der Waals surface area contributed by atoms with Crippen LogP contribution in [-0.4, -0.2) is 36.5 Å². The lowest BCUT2D eigenvalue weighted by Gasteiger charge is -2.37. The summed E-state index contributed by atoms with van der Waals surface area (Å²) >= 11 is 9.46. The van der Waals surface area contributed by atoms with Gasteiger partial charge >= 0.3 is 0 Å². The molecule has 1 amide bonds. The van der Waals surface area contributed by atoms with Crippen molar-refractivity contribution in [2.24, 2.45) is 5.92 Å². The Balaban J connectivity index is 1.88. The molecule has 0 spiro atoms. The van der Waals surface area contributed by atoms with Crippen molar-refractivity contribution < 1.29 is 4.79 Å². The third-order valence-electron chi connectivity index (χ3n) is 4.10. The van der Waals surface area contributed by atoms with E-state index in [0.717, 1.165) is 30.5 Å². The molecule has 102 valence electrons. The van der Waals surface area contributed by atoms with E-state index < -0.39 is 0 Å². The van der Waals surface area contributed by atoms with Crippen molar-refractivity contribution in [3.8, 4) is 0 Å². The van der Waals surface area contributed by atoms with E-state index in [1.54, 1.807) is 12.1 Å². The van der Waals surface area contributed by atoms with Crippen LogP contribution >= 0.6 is 27.5 Å². The van der Waals surface area contributed by atoms with Crippen molar-refractivity contribution in [1.82, 2.24) is 10.2 Å². The van der Waals surface area contributed by atoms with Gasteiger partial charge in [-0.1, -0.05) is 11.6 Å². The molecular weight excluding hydrogens is 328 g/mol. The molecule has 0 bridgehead atoms. The molecule has 19 heavy (non-hydrogen) atoms. The van der Waals surface area contributed by atoms with Gasteiger partial charge in [0.15, 0.2) is 0 Å². The number of nitrogens with zero attached hydrogens (tertiary/aromatic N) is 1. The summed E-state index contributed by atoms with van der Waals surface area (Å²) in [5.74, 6) is 0.698. The molecule has 3 nitrogen and oxygen atoms in total. The zero-order valence-electron chi connectivity index (χ0n) is 10.5. The normalized spacial score (nSPS) is 26.3. The number of likely N-dealkylation sites (tertiary alicyclic amines) is 1. The lowest BCUT2D eigenvalue weighted by atomic mass is 9.91. The predicted octanol–water partition coefficient (Wildman–Crippen LogP) is 2.93. The van der Waals surface area contributed by atoms with E-state index in [2.05, 4.69) is 21.2 Å². The monoisotopic (exact) mass is 342 g/mol. The second-order valence-electron chi connectivity index (χ2n) is 5.25. The second kappa shape index (κ2) is 5.43. The first-order valence-corrected chi connectivity index (χ1v) is 7.80. The third kappa shape index (κ3) is 2.54. The number of carbonyl (C=O) groups is 1. The summed E-state index contributed by atoms with van der Waals surface area (Å²) < 4.78 is 0.815. The molecule has 0 saturated carbocycles. The Kier molecular flexibility index (Phi) is 3.83. The number of halogens is 2. The van der Waals surface area contributed by atoms with Gasteiger partial charge < -0.3 is 10.2 Å². The van der Waals surface area contributed by atoms with Crippen LogP contribution in [0.4, 0.5) is 0 Å². The Labute approximate surface area is 126 Å². The van der Waals surface area contributed by atoms with Gasteiger partial charge in [-0.25, -0.2) is 0 Å². The fourth-order valence-electron chi connectivity index (χ4n) is 3.14. The van der Waals surface area contributed by atoms with Gasteiger partial charge in [-0.3, -0.25) is 4.79 Å². The SMILES string of the molecule is O=C(c1cc(Cl)ccc1Br)N1CCCC2CNCC21. The van der Waals surface area contributed by atoms with Gasteiger partial charge in [-0.15, -0.1) is 0 Å². The molecule has 0 aliphatic carbocycles. The van der Waals surface area contributed by atoms with Crippen molar-refractivity contribution in [3.63, 3.8) is 0 Å². The summed E-state index contributed by atoms with van der Waals surface area (Å²) in [7, 11) is 0. The first-order chi connectivity index (χ1) is 9.16. The Morgan fingerprint density at radius 2 is 2.26 bits per heavy atom. The minimum atomic E-state index is 0.0905. The Morgan fingerprint density at radius 3 is 3.11 bits per heavy atom. The average molecular weight is 344 g/mol. The molecule has 2 fully saturated rings. The topological polar surface area (TPSA) is 32.3 Å². The van der Waals surface area contributed by atoms with Gasteiger partial charge in [0.25, 0.3) is 5.91 Å². The lowest BCUT2D eigenvalue weighted by molar-refractivity contribution is 0.0574. The molecule has 2 saturated heterocycles. The Bertz CT molecular complexity index is 508. The second-order valence-corrected chi connectivity index (χ2v) is 6.54. The maximum atomic E-state index is 12.7. The number of benzene rings is 1. The van der Waals surface area contributed by atoms with Crippen LogP contribution in [0.2, 0.25) is 5.02 Å². The summed E-state index contributed by atoms with van der Waals surface area (Å²) in [6.45, 7) is 2.79. The van der Waals surface area contributed by atoms with Crippen molar-refractivity contribution in [2.75, 3.05) is 19.6 Å². The number of amides is 1. The Morgan fingerprint density at radius 1 is 1.42 bits per heavy atom. The van der Waals surface area contributed by atoms with E-state index in [4.69, 9.17) is 11.6 Å². The van der Waals surface area contributed by atoms with Crippen LogP contribution in [0.15, 0.2) is 22.7 Å². The fraction of sp³-hybridized carbons (Fsp3) is 0.500. The van der Waals surface area contributed by atoms with E-state index in [0.29, 0.717) is 22.5 Å².